The minimum absolute atomic E-state index is 0.0497. The van der Waals surface area contributed by atoms with Crippen LogP contribution in [0, 0.1) is 25.2 Å². The summed E-state index contributed by atoms with van der Waals surface area (Å²) in [5, 5.41) is 11.4. The van der Waals surface area contributed by atoms with E-state index in [1.165, 1.54) is 5.56 Å². The summed E-state index contributed by atoms with van der Waals surface area (Å²) >= 11 is 0. The van der Waals surface area contributed by atoms with E-state index in [-0.39, 0.29) is 23.6 Å². The Hall–Kier alpha value is -2.31. The van der Waals surface area contributed by atoms with Gasteiger partial charge in [-0.15, -0.1) is 0 Å². The van der Waals surface area contributed by atoms with E-state index < -0.39 is 0 Å². The number of carbonyl (C=O) groups is 1. The number of aryl methyl sites for hydroxylation is 1. The van der Waals surface area contributed by atoms with Crippen LogP contribution in [0.4, 0.5) is 0 Å². The molecule has 0 bridgehead atoms. The number of Topliss-reactive ketones (excluding diaryl/α,β-unsaturated/α-hetero) is 1. The molecule has 2 aliphatic heterocycles. The molecule has 2 heterocycles. The molecule has 137 valence electrons. The molecule has 26 heavy (non-hydrogen) atoms. The molecule has 0 amide bonds. The number of amidine groups is 1. The Morgan fingerprint density at radius 2 is 2.19 bits per heavy atom. The first-order chi connectivity index (χ1) is 12.5. The maximum atomic E-state index is 12.7. The molecule has 1 aromatic rings. The van der Waals surface area contributed by atoms with Gasteiger partial charge in [0, 0.05) is 18.0 Å². The fraction of sp³-hybridized carbons (Fsp3) is 0.400. The zero-order chi connectivity index (χ0) is 18.5. The number of hydroxylamine groups is 1. The van der Waals surface area contributed by atoms with Crippen molar-refractivity contribution < 1.29 is 9.63 Å². The van der Waals surface area contributed by atoms with Crippen LogP contribution in [-0.4, -0.2) is 36.5 Å². The van der Waals surface area contributed by atoms with Crippen LogP contribution in [0.15, 0.2) is 40.9 Å². The van der Waals surface area contributed by atoms with Crippen LogP contribution in [0.25, 0.3) is 0 Å². The fourth-order valence-corrected chi connectivity index (χ4v) is 3.08. The molecule has 2 aliphatic rings. The molecule has 1 aromatic carbocycles. The number of ketones is 1. The van der Waals surface area contributed by atoms with Gasteiger partial charge in [0.25, 0.3) is 0 Å². The molecule has 1 fully saturated rings. The molecule has 0 aromatic heterocycles. The third-order valence-corrected chi connectivity index (χ3v) is 4.67. The third-order valence-electron chi connectivity index (χ3n) is 4.67. The minimum atomic E-state index is -0.171. The summed E-state index contributed by atoms with van der Waals surface area (Å²) in [5.41, 5.74) is 5.88. The van der Waals surface area contributed by atoms with Crippen LogP contribution in [0.3, 0.4) is 0 Å². The summed E-state index contributed by atoms with van der Waals surface area (Å²) < 4.78 is 0. The van der Waals surface area contributed by atoms with Crippen molar-refractivity contribution in [3.63, 3.8) is 0 Å². The molecule has 0 saturated carbocycles. The summed E-state index contributed by atoms with van der Waals surface area (Å²) in [6.45, 7) is 7.68. The number of benzene rings is 1. The van der Waals surface area contributed by atoms with Gasteiger partial charge in [-0.25, -0.2) is 5.48 Å². The van der Waals surface area contributed by atoms with Crippen molar-refractivity contribution in [3.05, 3.63) is 54.0 Å². The highest BCUT2D eigenvalue weighted by molar-refractivity contribution is 6.45. The lowest BCUT2D eigenvalue weighted by Gasteiger charge is -2.21. The number of nitrogens with one attached hydrogen (secondary N) is 3. The first kappa shape index (κ1) is 18.5. The number of nitrogens with zero attached hydrogens (tertiary/aromatic N) is 1. The summed E-state index contributed by atoms with van der Waals surface area (Å²) in [4.78, 5) is 22.4. The van der Waals surface area contributed by atoms with E-state index in [1.54, 1.807) is 6.08 Å². The van der Waals surface area contributed by atoms with Crippen molar-refractivity contribution in [2.24, 2.45) is 10.9 Å². The van der Waals surface area contributed by atoms with E-state index in [0.29, 0.717) is 24.4 Å². The minimum Gasteiger partial charge on any atom is -0.307 e. The molecule has 2 atom stereocenters. The smallest absolute Gasteiger partial charge is 0.176 e. The summed E-state index contributed by atoms with van der Waals surface area (Å²) in [6, 6.07) is 7.86. The molecule has 6 heteroatoms. The maximum Gasteiger partial charge on any atom is 0.176 e. The van der Waals surface area contributed by atoms with Gasteiger partial charge >= 0.3 is 0 Å². The first-order valence-electron chi connectivity index (χ1n) is 8.93. The largest absolute Gasteiger partial charge is 0.307 e. The SMILES string of the molecule is [CH2]C1CN=C(C(=N)NOCc2ccc(C)cc2)C=C1C(=O)[C@@H]1CCCN1. The average Bonchev–Trinajstić information content (AvgIpc) is 3.18. The zero-order valence-corrected chi connectivity index (χ0v) is 15.0. The lowest BCUT2D eigenvalue weighted by Crippen LogP contribution is -2.37. The third kappa shape index (κ3) is 4.45. The first-order valence-corrected chi connectivity index (χ1v) is 8.93. The van der Waals surface area contributed by atoms with Gasteiger partial charge in [0.2, 0.25) is 0 Å². The molecule has 1 radical (unpaired) electrons. The second kappa shape index (κ2) is 8.38. The number of rotatable bonds is 6. The molecular formula is C20H25N4O2. The van der Waals surface area contributed by atoms with Crippen LogP contribution in [0.5, 0.6) is 0 Å². The Labute approximate surface area is 154 Å². The van der Waals surface area contributed by atoms with Gasteiger partial charge in [0.1, 0.15) is 5.71 Å². The van der Waals surface area contributed by atoms with E-state index in [2.05, 4.69) is 22.7 Å². The van der Waals surface area contributed by atoms with E-state index in [1.807, 2.05) is 31.2 Å². The van der Waals surface area contributed by atoms with E-state index in [9.17, 15) is 4.79 Å². The number of hydrogen-bond donors (Lipinski definition) is 3. The highest BCUT2D eigenvalue weighted by Crippen LogP contribution is 2.21. The standard InChI is InChI=1S/C20H25N4O2/c1-13-5-7-15(8-6-13)12-26-24-20(21)18-10-16(14(2)11-23-18)19(25)17-4-3-9-22-17/h5-8,10,14,17,22H,2-4,9,11-12H2,1H3,(H2,21,24)/t14?,17-/m0/s1. The van der Waals surface area contributed by atoms with Crippen molar-refractivity contribution in [2.75, 3.05) is 13.1 Å². The Balaban J connectivity index is 1.57. The van der Waals surface area contributed by atoms with Gasteiger partial charge in [-0.2, -0.15) is 0 Å². The van der Waals surface area contributed by atoms with Crippen LogP contribution in [0.1, 0.15) is 24.0 Å². The maximum absolute atomic E-state index is 12.7. The molecule has 0 spiro atoms. The molecule has 1 unspecified atom stereocenters. The van der Waals surface area contributed by atoms with Gasteiger partial charge < -0.3 is 5.32 Å². The number of dihydropyridines is 1. The van der Waals surface area contributed by atoms with Gasteiger partial charge in [-0.1, -0.05) is 29.8 Å². The quantitative estimate of drug-likeness (QED) is 0.415. The molecular weight excluding hydrogens is 328 g/mol. The highest BCUT2D eigenvalue weighted by atomic mass is 16.6. The molecule has 3 N–H and O–H groups in total. The average molecular weight is 353 g/mol. The Kier molecular flexibility index (Phi) is 5.96. The van der Waals surface area contributed by atoms with Gasteiger partial charge in [0.05, 0.1) is 12.6 Å². The summed E-state index contributed by atoms with van der Waals surface area (Å²) in [6.07, 6.45) is 3.54. The van der Waals surface area contributed by atoms with Crippen molar-refractivity contribution in [1.29, 1.82) is 5.41 Å². The van der Waals surface area contributed by atoms with E-state index in [0.717, 1.165) is 24.9 Å². The summed E-state index contributed by atoms with van der Waals surface area (Å²) in [5.74, 6) is -0.0492. The van der Waals surface area contributed by atoms with Crippen molar-refractivity contribution in [1.82, 2.24) is 10.8 Å². The predicted molar refractivity (Wildman–Crippen MR) is 102 cm³/mol. The number of hydrogen-bond acceptors (Lipinski definition) is 5. The van der Waals surface area contributed by atoms with Crippen LogP contribution in [0.2, 0.25) is 0 Å². The number of aliphatic imine (C=N–C) groups is 1. The summed E-state index contributed by atoms with van der Waals surface area (Å²) in [7, 11) is 0. The van der Waals surface area contributed by atoms with Gasteiger partial charge in [0.15, 0.2) is 11.6 Å². The second-order valence-corrected chi connectivity index (χ2v) is 6.79. The highest BCUT2D eigenvalue weighted by Gasteiger charge is 2.29. The fourth-order valence-electron chi connectivity index (χ4n) is 3.08. The molecule has 1 saturated heterocycles. The Morgan fingerprint density at radius 3 is 2.88 bits per heavy atom. The lowest BCUT2D eigenvalue weighted by atomic mass is 9.89. The Bertz CT molecular complexity index is 731. The zero-order valence-electron chi connectivity index (χ0n) is 15.0. The van der Waals surface area contributed by atoms with Crippen molar-refractivity contribution in [2.45, 2.75) is 32.4 Å². The van der Waals surface area contributed by atoms with Crippen LogP contribution >= 0.6 is 0 Å². The van der Waals surface area contributed by atoms with Gasteiger partial charge in [-0.3, -0.25) is 20.0 Å². The lowest BCUT2D eigenvalue weighted by molar-refractivity contribution is -0.117. The normalized spacial score (nSPS) is 22.5. The molecule has 6 nitrogen and oxygen atoms in total. The topological polar surface area (TPSA) is 86.6 Å². The number of carbonyl (C=O) groups excluding carboxylic acids is 1. The van der Waals surface area contributed by atoms with E-state index in [4.69, 9.17) is 10.2 Å². The Morgan fingerprint density at radius 1 is 1.42 bits per heavy atom. The molecule has 0 aliphatic carbocycles. The second-order valence-electron chi connectivity index (χ2n) is 6.79. The van der Waals surface area contributed by atoms with Crippen molar-refractivity contribution >= 4 is 17.3 Å². The van der Waals surface area contributed by atoms with Gasteiger partial charge in [-0.05, 0) is 44.9 Å². The van der Waals surface area contributed by atoms with Crippen LogP contribution < -0.4 is 10.8 Å². The monoisotopic (exact) mass is 353 g/mol. The van der Waals surface area contributed by atoms with Crippen molar-refractivity contribution in [3.8, 4) is 0 Å². The predicted octanol–water partition coefficient (Wildman–Crippen LogP) is 2.15. The van der Waals surface area contributed by atoms with E-state index >= 15 is 0 Å². The molecule has 3 rings (SSSR count). The van der Waals surface area contributed by atoms with Crippen LogP contribution in [-0.2, 0) is 16.2 Å².